The molecular formula is C17H14N4O. The molecule has 3 aromatic rings. The first-order valence-electron chi connectivity index (χ1n) is 6.81. The summed E-state index contributed by atoms with van der Waals surface area (Å²) >= 11 is 0. The number of nitrogens with zero attached hydrogens (tertiary/aromatic N) is 3. The molecule has 0 radical (unpaired) electrons. The Morgan fingerprint density at radius 1 is 1.09 bits per heavy atom. The molecule has 0 fully saturated rings. The lowest BCUT2D eigenvalue weighted by Crippen LogP contribution is -2.17. The van der Waals surface area contributed by atoms with Gasteiger partial charge in [0.2, 0.25) is 0 Å². The SMILES string of the molecule is O=C(N/N=C/c1cccn1-c1ccccc1)c1cccnc1. The van der Waals surface area contributed by atoms with Gasteiger partial charge < -0.3 is 4.57 Å². The summed E-state index contributed by atoms with van der Waals surface area (Å²) in [5, 5.41) is 4.00. The quantitative estimate of drug-likeness (QED) is 0.593. The van der Waals surface area contributed by atoms with Crippen LogP contribution in [0.15, 0.2) is 78.3 Å². The van der Waals surface area contributed by atoms with Crippen LogP contribution in [0.3, 0.4) is 0 Å². The predicted octanol–water partition coefficient (Wildman–Crippen LogP) is 2.64. The molecule has 5 heteroatoms. The van der Waals surface area contributed by atoms with Gasteiger partial charge in [0.1, 0.15) is 0 Å². The van der Waals surface area contributed by atoms with Crippen molar-refractivity contribution in [3.05, 3.63) is 84.4 Å². The normalized spacial score (nSPS) is 10.7. The Morgan fingerprint density at radius 3 is 2.73 bits per heavy atom. The highest BCUT2D eigenvalue weighted by atomic mass is 16.2. The number of carbonyl (C=O) groups is 1. The van der Waals surface area contributed by atoms with Gasteiger partial charge in [-0.05, 0) is 36.4 Å². The van der Waals surface area contributed by atoms with E-state index in [4.69, 9.17) is 0 Å². The smallest absolute Gasteiger partial charge is 0.272 e. The second kappa shape index (κ2) is 6.49. The average Bonchev–Trinajstić information content (AvgIpc) is 3.05. The maximum absolute atomic E-state index is 11.9. The number of hydrazone groups is 1. The highest BCUT2D eigenvalue weighted by Crippen LogP contribution is 2.10. The molecule has 2 heterocycles. The lowest BCUT2D eigenvalue weighted by molar-refractivity contribution is 0.0955. The van der Waals surface area contributed by atoms with Crippen LogP contribution in [-0.2, 0) is 0 Å². The Kier molecular flexibility index (Phi) is 4.06. The molecule has 0 aliphatic heterocycles. The van der Waals surface area contributed by atoms with Crippen LogP contribution in [0, 0.1) is 0 Å². The number of hydrogen-bond donors (Lipinski definition) is 1. The number of amides is 1. The van der Waals surface area contributed by atoms with Crippen LogP contribution in [0.4, 0.5) is 0 Å². The zero-order valence-electron chi connectivity index (χ0n) is 11.8. The number of rotatable bonds is 4. The van der Waals surface area contributed by atoms with Crippen LogP contribution >= 0.6 is 0 Å². The number of pyridine rings is 1. The molecule has 0 saturated heterocycles. The van der Waals surface area contributed by atoms with Crippen LogP contribution in [0.2, 0.25) is 0 Å². The molecule has 2 aromatic heterocycles. The molecule has 0 bridgehead atoms. The van der Waals surface area contributed by atoms with E-state index in [9.17, 15) is 4.79 Å². The van der Waals surface area contributed by atoms with Gasteiger partial charge in [0, 0.05) is 24.3 Å². The number of benzene rings is 1. The van der Waals surface area contributed by atoms with Crippen LogP contribution in [-0.4, -0.2) is 21.7 Å². The summed E-state index contributed by atoms with van der Waals surface area (Å²) in [7, 11) is 0. The summed E-state index contributed by atoms with van der Waals surface area (Å²) < 4.78 is 1.99. The summed E-state index contributed by atoms with van der Waals surface area (Å²) in [6, 6.07) is 17.2. The van der Waals surface area contributed by atoms with Crippen molar-refractivity contribution in [2.45, 2.75) is 0 Å². The molecule has 0 saturated carbocycles. The van der Waals surface area contributed by atoms with E-state index in [1.807, 2.05) is 53.2 Å². The lowest BCUT2D eigenvalue weighted by atomic mass is 10.3. The molecule has 0 atom stereocenters. The lowest BCUT2D eigenvalue weighted by Gasteiger charge is -2.05. The van der Waals surface area contributed by atoms with Gasteiger partial charge in [0.25, 0.3) is 5.91 Å². The fraction of sp³-hybridized carbons (Fsp3) is 0. The predicted molar refractivity (Wildman–Crippen MR) is 85.1 cm³/mol. The summed E-state index contributed by atoms with van der Waals surface area (Å²) in [5.74, 6) is -0.290. The van der Waals surface area contributed by atoms with Gasteiger partial charge in [-0.2, -0.15) is 5.10 Å². The number of nitrogens with one attached hydrogen (secondary N) is 1. The summed E-state index contributed by atoms with van der Waals surface area (Å²) in [5.41, 5.74) is 4.87. The van der Waals surface area contributed by atoms with E-state index in [-0.39, 0.29) is 5.91 Å². The minimum absolute atomic E-state index is 0.290. The van der Waals surface area contributed by atoms with Crippen LogP contribution < -0.4 is 5.43 Å². The average molecular weight is 290 g/mol. The van der Waals surface area contributed by atoms with Crippen molar-refractivity contribution in [3.63, 3.8) is 0 Å². The van der Waals surface area contributed by atoms with Crippen LogP contribution in [0.5, 0.6) is 0 Å². The molecule has 5 nitrogen and oxygen atoms in total. The molecule has 3 rings (SSSR count). The molecule has 22 heavy (non-hydrogen) atoms. The molecule has 0 spiro atoms. The number of para-hydroxylation sites is 1. The van der Waals surface area contributed by atoms with Crippen molar-refractivity contribution in [1.29, 1.82) is 0 Å². The maximum atomic E-state index is 11.9. The summed E-state index contributed by atoms with van der Waals surface area (Å²) in [4.78, 5) is 15.8. The van der Waals surface area contributed by atoms with Gasteiger partial charge in [0.15, 0.2) is 0 Å². The van der Waals surface area contributed by atoms with E-state index < -0.39 is 0 Å². The highest BCUT2D eigenvalue weighted by molar-refractivity contribution is 5.94. The molecule has 0 unspecified atom stereocenters. The van der Waals surface area contributed by atoms with Gasteiger partial charge in [-0.1, -0.05) is 18.2 Å². The zero-order chi connectivity index (χ0) is 15.2. The second-order valence-electron chi connectivity index (χ2n) is 4.58. The van der Waals surface area contributed by atoms with Gasteiger partial charge in [0.05, 0.1) is 17.5 Å². The van der Waals surface area contributed by atoms with Gasteiger partial charge in [-0.3, -0.25) is 9.78 Å². The third-order valence-corrected chi connectivity index (χ3v) is 3.10. The van der Waals surface area contributed by atoms with Crippen molar-refractivity contribution in [2.75, 3.05) is 0 Å². The van der Waals surface area contributed by atoms with E-state index in [1.54, 1.807) is 24.5 Å². The van der Waals surface area contributed by atoms with Crippen LogP contribution in [0.25, 0.3) is 5.69 Å². The topological polar surface area (TPSA) is 59.3 Å². The van der Waals surface area contributed by atoms with E-state index in [0.717, 1.165) is 11.4 Å². The Hall–Kier alpha value is -3.21. The summed E-state index contributed by atoms with van der Waals surface area (Å²) in [6.07, 6.45) is 6.67. The molecule has 108 valence electrons. The minimum Gasteiger partial charge on any atom is -0.316 e. The molecule has 1 aromatic carbocycles. The van der Waals surface area contributed by atoms with Gasteiger partial charge >= 0.3 is 0 Å². The minimum atomic E-state index is -0.290. The molecule has 0 aliphatic carbocycles. The highest BCUT2D eigenvalue weighted by Gasteiger charge is 2.03. The first-order valence-corrected chi connectivity index (χ1v) is 6.81. The zero-order valence-corrected chi connectivity index (χ0v) is 11.8. The maximum Gasteiger partial charge on any atom is 0.272 e. The Bertz CT molecular complexity index is 779. The van der Waals surface area contributed by atoms with Crippen molar-refractivity contribution in [3.8, 4) is 5.69 Å². The van der Waals surface area contributed by atoms with Crippen LogP contribution in [0.1, 0.15) is 16.1 Å². The monoisotopic (exact) mass is 290 g/mol. The first-order chi connectivity index (χ1) is 10.8. The van der Waals surface area contributed by atoms with Crippen molar-refractivity contribution in [1.82, 2.24) is 15.0 Å². The van der Waals surface area contributed by atoms with Gasteiger partial charge in [-0.25, -0.2) is 5.43 Å². The number of hydrogen-bond acceptors (Lipinski definition) is 3. The fourth-order valence-electron chi connectivity index (χ4n) is 2.04. The fourth-order valence-corrected chi connectivity index (χ4v) is 2.04. The Balaban J connectivity index is 1.72. The van der Waals surface area contributed by atoms with Gasteiger partial charge in [-0.15, -0.1) is 0 Å². The molecule has 0 aliphatic rings. The third kappa shape index (κ3) is 3.09. The number of carbonyl (C=O) groups excluding carboxylic acids is 1. The first kappa shape index (κ1) is 13.8. The van der Waals surface area contributed by atoms with E-state index in [2.05, 4.69) is 15.5 Å². The Morgan fingerprint density at radius 2 is 1.95 bits per heavy atom. The van der Waals surface area contributed by atoms with E-state index in [0.29, 0.717) is 5.56 Å². The second-order valence-corrected chi connectivity index (χ2v) is 4.58. The van der Waals surface area contributed by atoms with Crippen molar-refractivity contribution < 1.29 is 4.79 Å². The largest absolute Gasteiger partial charge is 0.316 e. The standard InChI is InChI=1S/C17H14N4O/c22-17(14-6-4-10-18-12-14)20-19-13-16-9-5-11-21(16)15-7-2-1-3-8-15/h1-13H,(H,20,22)/b19-13+. The number of aromatic nitrogens is 2. The third-order valence-electron chi connectivity index (χ3n) is 3.10. The molecule has 1 N–H and O–H groups in total. The summed E-state index contributed by atoms with van der Waals surface area (Å²) in [6.45, 7) is 0. The molecular weight excluding hydrogens is 276 g/mol. The molecule has 1 amide bonds. The van der Waals surface area contributed by atoms with E-state index >= 15 is 0 Å². The van der Waals surface area contributed by atoms with Crippen molar-refractivity contribution in [2.24, 2.45) is 5.10 Å². The van der Waals surface area contributed by atoms with Crippen molar-refractivity contribution >= 4 is 12.1 Å². The Labute approximate surface area is 127 Å². The van der Waals surface area contributed by atoms with E-state index in [1.165, 1.54) is 6.20 Å².